The summed E-state index contributed by atoms with van der Waals surface area (Å²) in [5, 5.41) is 0. The number of nitrogens with two attached hydrogens (primary N) is 1. The van der Waals surface area contributed by atoms with Gasteiger partial charge in [0.25, 0.3) is 0 Å². The van der Waals surface area contributed by atoms with Crippen molar-refractivity contribution in [2.75, 3.05) is 13.2 Å². The van der Waals surface area contributed by atoms with E-state index in [9.17, 15) is 4.39 Å². The largest absolute Gasteiger partial charge is 0.379 e. The van der Waals surface area contributed by atoms with E-state index in [-0.39, 0.29) is 11.9 Å². The summed E-state index contributed by atoms with van der Waals surface area (Å²) in [5.41, 5.74) is 3.06. The fourth-order valence-electron chi connectivity index (χ4n) is 1.40. The van der Waals surface area contributed by atoms with Gasteiger partial charge in [-0.15, -0.1) is 0 Å². The fraction of sp³-hybridized carbons (Fsp3) is 0.455. The van der Waals surface area contributed by atoms with E-state index in [0.29, 0.717) is 23.2 Å². The molecular formula is C11H16BrFN2O. The van der Waals surface area contributed by atoms with E-state index < -0.39 is 0 Å². The fourth-order valence-corrected chi connectivity index (χ4v) is 2.02. The average Bonchev–Trinajstić information content (AvgIpc) is 2.26. The molecule has 0 aliphatic heterocycles. The SMILES string of the molecule is CCCOCC(NN)c1c(F)cccc1Br. The first-order chi connectivity index (χ1) is 7.70. The van der Waals surface area contributed by atoms with Crippen LogP contribution in [0.4, 0.5) is 4.39 Å². The Morgan fingerprint density at radius 2 is 2.31 bits per heavy atom. The smallest absolute Gasteiger partial charge is 0.129 e. The van der Waals surface area contributed by atoms with Gasteiger partial charge in [0.1, 0.15) is 5.82 Å². The monoisotopic (exact) mass is 290 g/mol. The summed E-state index contributed by atoms with van der Waals surface area (Å²) >= 11 is 3.31. The van der Waals surface area contributed by atoms with Gasteiger partial charge in [-0.05, 0) is 18.6 Å². The Bertz CT molecular complexity index is 316. The van der Waals surface area contributed by atoms with E-state index in [1.165, 1.54) is 6.07 Å². The van der Waals surface area contributed by atoms with Gasteiger partial charge in [0.05, 0.1) is 12.6 Å². The molecule has 0 aliphatic carbocycles. The molecular weight excluding hydrogens is 275 g/mol. The number of benzene rings is 1. The lowest BCUT2D eigenvalue weighted by Crippen LogP contribution is -2.32. The molecule has 0 aliphatic rings. The minimum Gasteiger partial charge on any atom is -0.379 e. The van der Waals surface area contributed by atoms with Crippen LogP contribution in [-0.2, 0) is 4.74 Å². The molecule has 1 unspecified atom stereocenters. The molecule has 0 saturated heterocycles. The summed E-state index contributed by atoms with van der Waals surface area (Å²) in [6.07, 6.45) is 0.926. The van der Waals surface area contributed by atoms with Crippen molar-refractivity contribution in [3.05, 3.63) is 34.1 Å². The van der Waals surface area contributed by atoms with Gasteiger partial charge in [0.2, 0.25) is 0 Å². The maximum atomic E-state index is 13.6. The van der Waals surface area contributed by atoms with E-state index in [1.54, 1.807) is 12.1 Å². The summed E-state index contributed by atoms with van der Waals surface area (Å²) in [6, 6.07) is 4.48. The van der Waals surface area contributed by atoms with Crippen LogP contribution in [0.5, 0.6) is 0 Å². The molecule has 0 radical (unpaired) electrons. The number of hydrogen-bond donors (Lipinski definition) is 2. The molecule has 0 fully saturated rings. The summed E-state index contributed by atoms with van der Waals surface area (Å²) in [6.45, 7) is 3.01. The molecule has 1 rings (SSSR count). The highest BCUT2D eigenvalue weighted by atomic mass is 79.9. The second-order valence-electron chi connectivity index (χ2n) is 3.43. The number of rotatable bonds is 6. The Balaban J connectivity index is 2.78. The van der Waals surface area contributed by atoms with Gasteiger partial charge in [-0.25, -0.2) is 4.39 Å². The molecule has 0 bridgehead atoms. The molecule has 1 aromatic rings. The minimum atomic E-state index is -0.345. The maximum Gasteiger partial charge on any atom is 0.129 e. The third-order valence-corrected chi connectivity index (χ3v) is 2.87. The Kier molecular flexibility index (Phi) is 5.90. The lowest BCUT2D eigenvalue weighted by molar-refractivity contribution is 0.111. The van der Waals surface area contributed by atoms with Crippen LogP contribution in [0.25, 0.3) is 0 Å². The predicted octanol–water partition coefficient (Wildman–Crippen LogP) is 2.52. The van der Waals surface area contributed by atoms with Crippen LogP contribution in [0, 0.1) is 5.82 Å². The van der Waals surface area contributed by atoms with Crippen LogP contribution < -0.4 is 11.3 Å². The Labute approximate surface area is 103 Å². The molecule has 0 amide bonds. The van der Waals surface area contributed by atoms with Crippen molar-refractivity contribution in [3.63, 3.8) is 0 Å². The van der Waals surface area contributed by atoms with Gasteiger partial charge in [-0.1, -0.05) is 28.9 Å². The van der Waals surface area contributed by atoms with Crippen LogP contribution >= 0.6 is 15.9 Å². The molecule has 1 aromatic carbocycles. The molecule has 5 heteroatoms. The topological polar surface area (TPSA) is 47.3 Å². The first-order valence-corrected chi connectivity index (χ1v) is 5.97. The standard InChI is InChI=1S/C11H16BrFN2O/c1-2-6-16-7-10(15-14)11-8(12)4-3-5-9(11)13/h3-5,10,15H,2,6-7,14H2,1H3. The number of hydrogen-bond acceptors (Lipinski definition) is 3. The van der Waals surface area contributed by atoms with E-state index in [0.717, 1.165) is 6.42 Å². The molecule has 3 N–H and O–H groups in total. The van der Waals surface area contributed by atoms with Gasteiger partial charge in [0.15, 0.2) is 0 Å². The van der Waals surface area contributed by atoms with Crippen molar-refractivity contribution < 1.29 is 9.13 Å². The molecule has 0 spiro atoms. The number of nitrogens with one attached hydrogen (secondary N) is 1. The Morgan fingerprint density at radius 3 is 2.88 bits per heavy atom. The quantitative estimate of drug-likeness (QED) is 0.481. The van der Waals surface area contributed by atoms with Crippen molar-refractivity contribution in [3.8, 4) is 0 Å². The lowest BCUT2D eigenvalue weighted by atomic mass is 10.1. The average molecular weight is 291 g/mol. The molecule has 16 heavy (non-hydrogen) atoms. The van der Waals surface area contributed by atoms with Gasteiger partial charge in [-0.2, -0.15) is 0 Å². The van der Waals surface area contributed by atoms with Crippen LogP contribution in [0.3, 0.4) is 0 Å². The zero-order valence-corrected chi connectivity index (χ0v) is 10.8. The van der Waals surface area contributed by atoms with Crippen LogP contribution in [0.1, 0.15) is 24.9 Å². The van der Waals surface area contributed by atoms with Gasteiger partial charge in [0, 0.05) is 16.6 Å². The van der Waals surface area contributed by atoms with Gasteiger partial charge >= 0.3 is 0 Å². The molecule has 0 heterocycles. The Morgan fingerprint density at radius 1 is 1.56 bits per heavy atom. The predicted molar refractivity (Wildman–Crippen MR) is 65.3 cm³/mol. The molecule has 3 nitrogen and oxygen atoms in total. The number of ether oxygens (including phenoxy) is 1. The highest BCUT2D eigenvalue weighted by molar-refractivity contribution is 9.10. The first-order valence-electron chi connectivity index (χ1n) is 5.18. The third kappa shape index (κ3) is 3.52. The van der Waals surface area contributed by atoms with E-state index in [1.807, 2.05) is 6.92 Å². The van der Waals surface area contributed by atoms with Crippen molar-refractivity contribution in [1.29, 1.82) is 0 Å². The van der Waals surface area contributed by atoms with E-state index in [2.05, 4.69) is 21.4 Å². The molecule has 1 atom stereocenters. The summed E-state index contributed by atoms with van der Waals surface area (Å²) in [5.74, 6) is 5.11. The lowest BCUT2D eigenvalue weighted by Gasteiger charge is -2.18. The van der Waals surface area contributed by atoms with Crippen molar-refractivity contribution in [2.45, 2.75) is 19.4 Å². The van der Waals surface area contributed by atoms with Crippen molar-refractivity contribution >= 4 is 15.9 Å². The highest BCUT2D eigenvalue weighted by Crippen LogP contribution is 2.26. The summed E-state index contributed by atoms with van der Waals surface area (Å²) < 4.78 is 19.7. The molecule has 0 aromatic heterocycles. The Hall–Kier alpha value is -0.490. The number of halogens is 2. The highest BCUT2D eigenvalue weighted by Gasteiger charge is 2.17. The van der Waals surface area contributed by atoms with E-state index >= 15 is 0 Å². The third-order valence-electron chi connectivity index (χ3n) is 2.18. The van der Waals surface area contributed by atoms with Gasteiger partial charge < -0.3 is 4.74 Å². The molecule has 90 valence electrons. The van der Waals surface area contributed by atoms with Crippen LogP contribution in [0.15, 0.2) is 22.7 Å². The van der Waals surface area contributed by atoms with E-state index in [4.69, 9.17) is 10.6 Å². The van der Waals surface area contributed by atoms with Crippen molar-refractivity contribution in [2.24, 2.45) is 5.84 Å². The summed E-state index contributed by atoms with van der Waals surface area (Å²) in [7, 11) is 0. The minimum absolute atomic E-state index is 0.294. The zero-order valence-electron chi connectivity index (χ0n) is 9.17. The first kappa shape index (κ1) is 13.6. The maximum absolute atomic E-state index is 13.6. The number of hydrazine groups is 1. The second kappa shape index (κ2) is 6.96. The van der Waals surface area contributed by atoms with Crippen LogP contribution in [-0.4, -0.2) is 13.2 Å². The normalized spacial score (nSPS) is 12.8. The van der Waals surface area contributed by atoms with Crippen molar-refractivity contribution in [1.82, 2.24) is 5.43 Å². The molecule has 0 saturated carbocycles. The zero-order chi connectivity index (χ0) is 12.0. The summed E-state index contributed by atoms with van der Waals surface area (Å²) in [4.78, 5) is 0. The van der Waals surface area contributed by atoms with Crippen LogP contribution in [0.2, 0.25) is 0 Å². The van der Waals surface area contributed by atoms with Gasteiger partial charge in [-0.3, -0.25) is 11.3 Å². The second-order valence-corrected chi connectivity index (χ2v) is 4.28.